The first kappa shape index (κ1) is 14.8. The number of carboxylic acids is 1. The Morgan fingerprint density at radius 3 is 2.80 bits per heavy atom. The van der Waals surface area contributed by atoms with Crippen molar-refractivity contribution in [3.8, 4) is 5.75 Å². The predicted molar refractivity (Wildman–Crippen MR) is 73.3 cm³/mol. The molecule has 1 saturated heterocycles. The van der Waals surface area contributed by atoms with Crippen molar-refractivity contribution in [1.82, 2.24) is 5.32 Å². The highest BCUT2D eigenvalue weighted by Gasteiger charge is 2.40. The van der Waals surface area contributed by atoms with Gasteiger partial charge in [0.25, 0.3) is 5.91 Å². The van der Waals surface area contributed by atoms with E-state index in [9.17, 15) is 14.7 Å². The van der Waals surface area contributed by atoms with Gasteiger partial charge in [-0.15, -0.1) is 11.3 Å². The predicted octanol–water partition coefficient (Wildman–Crippen LogP) is 1.37. The number of aliphatic carboxylic acids is 1. The fourth-order valence-corrected chi connectivity index (χ4v) is 2.96. The lowest BCUT2D eigenvalue weighted by Crippen LogP contribution is -2.46. The van der Waals surface area contributed by atoms with Gasteiger partial charge in [0.15, 0.2) is 0 Å². The van der Waals surface area contributed by atoms with Crippen LogP contribution in [-0.4, -0.2) is 43.9 Å². The standard InChI is InChI=1S/C13H17NO5S/c1-18-9-2-7-20-10(9)11(15)14-8-13(12(16)17)3-5-19-6-4-13/h2,7H,3-6,8H2,1H3,(H,14,15)(H,16,17). The van der Waals surface area contributed by atoms with Gasteiger partial charge in [-0.05, 0) is 24.3 Å². The van der Waals surface area contributed by atoms with Crippen molar-refractivity contribution in [2.45, 2.75) is 12.8 Å². The minimum atomic E-state index is -0.932. The van der Waals surface area contributed by atoms with Crippen LogP contribution in [0.25, 0.3) is 0 Å². The Bertz CT molecular complexity index is 493. The Kier molecular flexibility index (Phi) is 4.61. The number of hydrogen-bond donors (Lipinski definition) is 2. The average Bonchev–Trinajstić information content (AvgIpc) is 2.94. The van der Waals surface area contributed by atoms with Crippen LogP contribution in [0.15, 0.2) is 11.4 Å². The summed E-state index contributed by atoms with van der Waals surface area (Å²) in [7, 11) is 1.50. The van der Waals surface area contributed by atoms with Gasteiger partial charge in [0.05, 0.1) is 12.5 Å². The molecule has 110 valence electrons. The summed E-state index contributed by atoms with van der Waals surface area (Å²) < 4.78 is 10.3. The maximum Gasteiger partial charge on any atom is 0.311 e. The molecule has 0 radical (unpaired) electrons. The van der Waals surface area contributed by atoms with Gasteiger partial charge in [-0.25, -0.2) is 0 Å². The molecule has 2 N–H and O–H groups in total. The molecule has 1 aromatic heterocycles. The minimum Gasteiger partial charge on any atom is -0.495 e. The van der Waals surface area contributed by atoms with Crippen LogP contribution >= 0.6 is 11.3 Å². The molecule has 0 aliphatic carbocycles. The summed E-state index contributed by atoms with van der Waals surface area (Å²) in [4.78, 5) is 24.0. The quantitative estimate of drug-likeness (QED) is 0.857. The molecule has 1 aliphatic heterocycles. The number of carbonyl (C=O) groups is 2. The van der Waals surface area contributed by atoms with Crippen molar-refractivity contribution >= 4 is 23.2 Å². The Hall–Kier alpha value is -1.60. The molecule has 1 aliphatic rings. The highest BCUT2D eigenvalue weighted by molar-refractivity contribution is 7.12. The van der Waals surface area contributed by atoms with Crippen LogP contribution in [0.2, 0.25) is 0 Å². The first-order chi connectivity index (χ1) is 9.59. The van der Waals surface area contributed by atoms with Gasteiger partial charge in [-0.1, -0.05) is 0 Å². The number of nitrogens with one attached hydrogen (secondary N) is 1. The van der Waals surface area contributed by atoms with Crippen LogP contribution in [-0.2, 0) is 9.53 Å². The third-order valence-corrected chi connectivity index (χ3v) is 4.44. The number of rotatable bonds is 5. The molecule has 1 aromatic rings. The van der Waals surface area contributed by atoms with E-state index in [4.69, 9.17) is 9.47 Å². The summed E-state index contributed by atoms with van der Waals surface area (Å²) >= 11 is 1.27. The third kappa shape index (κ3) is 2.94. The molecular weight excluding hydrogens is 282 g/mol. The number of thiophene rings is 1. The lowest BCUT2D eigenvalue weighted by molar-refractivity contribution is -0.154. The first-order valence-electron chi connectivity index (χ1n) is 6.30. The molecule has 2 rings (SSSR count). The van der Waals surface area contributed by atoms with Gasteiger partial charge in [0.1, 0.15) is 10.6 Å². The summed E-state index contributed by atoms with van der Waals surface area (Å²) in [5, 5.41) is 13.9. The zero-order valence-electron chi connectivity index (χ0n) is 11.2. The van der Waals surface area contributed by atoms with E-state index >= 15 is 0 Å². The van der Waals surface area contributed by atoms with Crippen molar-refractivity contribution < 1.29 is 24.2 Å². The average molecular weight is 299 g/mol. The van der Waals surface area contributed by atoms with Crippen LogP contribution in [0.4, 0.5) is 0 Å². The maximum atomic E-state index is 12.1. The minimum absolute atomic E-state index is 0.103. The summed E-state index contributed by atoms with van der Waals surface area (Å²) in [5.41, 5.74) is -0.932. The number of carbonyl (C=O) groups excluding carboxylic acids is 1. The molecule has 1 fully saturated rings. The SMILES string of the molecule is COc1ccsc1C(=O)NCC1(C(=O)O)CCOCC1. The van der Waals surface area contributed by atoms with Crippen molar-refractivity contribution in [3.63, 3.8) is 0 Å². The lowest BCUT2D eigenvalue weighted by Gasteiger charge is -2.33. The molecule has 0 saturated carbocycles. The van der Waals surface area contributed by atoms with E-state index in [1.54, 1.807) is 11.4 Å². The largest absolute Gasteiger partial charge is 0.495 e. The zero-order valence-corrected chi connectivity index (χ0v) is 12.0. The Balaban J connectivity index is 2.03. The summed E-state index contributed by atoms with van der Waals surface area (Å²) in [6.07, 6.45) is 0.814. The number of amides is 1. The molecule has 0 bridgehead atoms. The van der Waals surface area contributed by atoms with Crippen molar-refractivity contribution in [2.24, 2.45) is 5.41 Å². The highest BCUT2D eigenvalue weighted by atomic mass is 32.1. The fraction of sp³-hybridized carbons (Fsp3) is 0.538. The Morgan fingerprint density at radius 1 is 1.50 bits per heavy atom. The molecule has 20 heavy (non-hydrogen) atoms. The van der Waals surface area contributed by atoms with E-state index in [0.717, 1.165) is 0 Å². The molecule has 0 atom stereocenters. The van der Waals surface area contributed by atoms with Crippen LogP contribution in [0, 0.1) is 5.41 Å². The van der Waals surface area contributed by atoms with Gasteiger partial charge in [0.2, 0.25) is 0 Å². The van der Waals surface area contributed by atoms with Crippen molar-refractivity contribution in [2.75, 3.05) is 26.9 Å². The van der Waals surface area contributed by atoms with Gasteiger partial charge in [0, 0.05) is 19.8 Å². The van der Waals surface area contributed by atoms with Crippen LogP contribution in [0.1, 0.15) is 22.5 Å². The number of carboxylic acid groups (broad SMARTS) is 1. The van der Waals surface area contributed by atoms with Crippen molar-refractivity contribution in [3.05, 3.63) is 16.3 Å². The van der Waals surface area contributed by atoms with E-state index in [-0.39, 0.29) is 12.5 Å². The van der Waals surface area contributed by atoms with E-state index in [1.165, 1.54) is 18.4 Å². The summed E-state index contributed by atoms with van der Waals surface area (Å²) in [5.74, 6) is -0.688. The Morgan fingerprint density at radius 2 is 2.20 bits per heavy atom. The normalized spacial score (nSPS) is 17.4. The van der Waals surface area contributed by atoms with Crippen LogP contribution in [0.3, 0.4) is 0 Å². The van der Waals surface area contributed by atoms with E-state index in [2.05, 4.69) is 5.32 Å². The highest BCUT2D eigenvalue weighted by Crippen LogP contribution is 2.31. The smallest absolute Gasteiger partial charge is 0.311 e. The second-order valence-corrected chi connectivity index (χ2v) is 5.61. The van der Waals surface area contributed by atoms with E-state index in [1.807, 2.05) is 0 Å². The first-order valence-corrected chi connectivity index (χ1v) is 7.18. The second kappa shape index (κ2) is 6.23. The lowest BCUT2D eigenvalue weighted by atomic mass is 9.80. The topological polar surface area (TPSA) is 84.9 Å². The van der Waals surface area contributed by atoms with Crippen molar-refractivity contribution in [1.29, 1.82) is 0 Å². The fourth-order valence-electron chi connectivity index (χ4n) is 2.18. The van der Waals surface area contributed by atoms with Gasteiger partial charge >= 0.3 is 5.97 Å². The Labute approximate surface area is 120 Å². The van der Waals surface area contributed by atoms with Crippen LogP contribution in [0.5, 0.6) is 5.75 Å². The van der Waals surface area contributed by atoms with Gasteiger partial charge < -0.3 is 19.9 Å². The van der Waals surface area contributed by atoms with Gasteiger partial charge in [-0.2, -0.15) is 0 Å². The second-order valence-electron chi connectivity index (χ2n) is 4.70. The number of hydrogen-bond acceptors (Lipinski definition) is 5. The molecular formula is C13H17NO5S. The van der Waals surface area contributed by atoms with Gasteiger partial charge in [-0.3, -0.25) is 9.59 Å². The third-order valence-electron chi connectivity index (χ3n) is 3.55. The van der Waals surface area contributed by atoms with Crippen LogP contribution < -0.4 is 10.1 Å². The molecule has 0 unspecified atom stereocenters. The summed E-state index contributed by atoms with van der Waals surface area (Å²) in [6.45, 7) is 0.917. The molecule has 6 nitrogen and oxygen atoms in total. The summed E-state index contributed by atoms with van der Waals surface area (Å²) in [6, 6.07) is 1.71. The molecule has 7 heteroatoms. The monoisotopic (exact) mass is 299 g/mol. The molecule has 2 heterocycles. The molecule has 0 spiro atoms. The number of ether oxygens (including phenoxy) is 2. The molecule has 0 aromatic carbocycles. The zero-order chi connectivity index (χ0) is 14.6. The number of methoxy groups -OCH3 is 1. The van der Waals surface area contributed by atoms with E-state index < -0.39 is 11.4 Å². The van der Waals surface area contributed by atoms with E-state index in [0.29, 0.717) is 36.7 Å². The maximum absolute atomic E-state index is 12.1. The molecule has 1 amide bonds.